The largest absolute Gasteiger partial charge is 0.506 e. The van der Waals surface area contributed by atoms with Crippen LogP contribution in [0, 0.1) is 0 Å². The number of anilines is 2. The second-order valence-corrected chi connectivity index (χ2v) is 4.19. The van der Waals surface area contributed by atoms with Crippen molar-refractivity contribution in [2.45, 2.75) is 6.92 Å². The van der Waals surface area contributed by atoms with E-state index in [1.54, 1.807) is 6.92 Å². The molecule has 0 unspecified atom stereocenters. The standard InChI is InChI=1S/C14H13N3O5/c1-2-22-14(21)10-5-6-12(17-16-10)15-9-4-3-8(13(19)20)7-11(9)18/h3-7,18H,2H2,1H3,(H,15,17)(H,19,20). The van der Waals surface area contributed by atoms with E-state index in [0.29, 0.717) is 0 Å². The fourth-order valence-corrected chi connectivity index (χ4v) is 1.62. The number of nitrogens with one attached hydrogen (secondary N) is 1. The number of benzene rings is 1. The van der Waals surface area contributed by atoms with Crippen LogP contribution < -0.4 is 5.32 Å². The summed E-state index contributed by atoms with van der Waals surface area (Å²) in [6.07, 6.45) is 0. The predicted octanol–water partition coefficient (Wildman–Crippen LogP) is 1.80. The Labute approximate surface area is 125 Å². The number of aromatic hydroxyl groups is 1. The average Bonchev–Trinajstić information content (AvgIpc) is 2.50. The minimum absolute atomic E-state index is 0.0354. The fraction of sp³-hybridized carbons (Fsp3) is 0.143. The van der Waals surface area contributed by atoms with Crippen LogP contribution in [0.5, 0.6) is 5.75 Å². The van der Waals surface area contributed by atoms with Gasteiger partial charge in [-0.15, -0.1) is 10.2 Å². The van der Waals surface area contributed by atoms with Crippen LogP contribution in [-0.2, 0) is 4.74 Å². The molecule has 0 saturated carbocycles. The first kappa shape index (κ1) is 15.2. The van der Waals surface area contributed by atoms with Crippen molar-refractivity contribution in [3.8, 4) is 5.75 Å². The Bertz CT molecular complexity index is 700. The number of rotatable bonds is 5. The lowest BCUT2D eigenvalue weighted by Crippen LogP contribution is -2.08. The van der Waals surface area contributed by atoms with E-state index in [9.17, 15) is 14.7 Å². The number of phenolic OH excluding ortho intramolecular Hbond substituents is 1. The monoisotopic (exact) mass is 303 g/mol. The molecule has 0 aliphatic heterocycles. The highest BCUT2D eigenvalue weighted by Gasteiger charge is 2.11. The zero-order chi connectivity index (χ0) is 16.1. The van der Waals surface area contributed by atoms with Crippen molar-refractivity contribution in [2.24, 2.45) is 0 Å². The van der Waals surface area contributed by atoms with E-state index in [-0.39, 0.29) is 35.1 Å². The Balaban J connectivity index is 2.14. The van der Waals surface area contributed by atoms with E-state index >= 15 is 0 Å². The molecule has 0 atom stereocenters. The van der Waals surface area contributed by atoms with Crippen LogP contribution in [0.4, 0.5) is 11.5 Å². The first-order valence-corrected chi connectivity index (χ1v) is 6.35. The van der Waals surface area contributed by atoms with E-state index in [2.05, 4.69) is 15.5 Å². The van der Waals surface area contributed by atoms with Crippen molar-refractivity contribution in [2.75, 3.05) is 11.9 Å². The molecular weight excluding hydrogens is 290 g/mol. The molecule has 0 aliphatic rings. The molecule has 2 rings (SSSR count). The number of ether oxygens (including phenoxy) is 1. The number of carbonyl (C=O) groups excluding carboxylic acids is 1. The van der Waals surface area contributed by atoms with Gasteiger partial charge in [-0.1, -0.05) is 0 Å². The van der Waals surface area contributed by atoms with Crippen LogP contribution in [0.15, 0.2) is 30.3 Å². The van der Waals surface area contributed by atoms with Gasteiger partial charge in [0.05, 0.1) is 17.9 Å². The lowest BCUT2D eigenvalue weighted by atomic mass is 10.2. The van der Waals surface area contributed by atoms with Crippen molar-refractivity contribution in [1.82, 2.24) is 10.2 Å². The first-order valence-electron chi connectivity index (χ1n) is 6.35. The molecule has 0 spiro atoms. The highest BCUT2D eigenvalue weighted by atomic mass is 16.5. The van der Waals surface area contributed by atoms with Gasteiger partial charge >= 0.3 is 11.9 Å². The van der Waals surface area contributed by atoms with Crippen LogP contribution in [0.3, 0.4) is 0 Å². The molecule has 1 aromatic carbocycles. The van der Waals surface area contributed by atoms with Crippen molar-refractivity contribution in [3.63, 3.8) is 0 Å². The van der Waals surface area contributed by atoms with Crippen molar-refractivity contribution >= 4 is 23.4 Å². The summed E-state index contributed by atoms with van der Waals surface area (Å²) in [5, 5.41) is 28.8. The fourth-order valence-electron chi connectivity index (χ4n) is 1.62. The summed E-state index contributed by atoms with van der Waals surface area (Å²) in [4.78, 5) is 22.2. The Hall–Kier alpha value is -3.16. The van der Waals surface area contributed by atoms with E-state index in [0.717, 1.165) is 6.07 Å². The third kappa shape index (κ3) is 3.48. The molecule has 2 aromatic rings. The van der Waals surface area contributed by atoms with E-state index in [4.69, 9.17) is 9.84 Å². The number of esters is 1. The maximum atomic E-state index is 11.4. The summed E-state index contributed by atoms with van der Waals surface area (Å²) >= 11 is 0. The molecule has 0 saturated heterocycles. The van der Waals surface area contributed by atoms with Gasteiger partial charge in [-0.05, 0) is 37.3 Å². The molecule has 8 heteroatoms. The number of carboxylic acids is 1. The second-order valence-electron chi connectivity index (χ2n) is 4.19. The van der Waals surface area contributed by atoms with Gasteiger partial charge in [0.1, 0.15) is 5.75 Å². The Kier molecular flexibility index (Phi) is 4.52. The van der Waals surface area contributed by atoms with Crippen LogP contribution in [0.25, 0.3) is 0 Å². The minimum Gasteiger partial charge on any atom is -0.506 e. The molecule has 3 N–H and O–H groups in total. The van der Waals surface area contributed by atoms with Gasteiger partial charge in [0.15, 0.2) is 11.5 Å². The third-order valence-corrected chi connectivity index (χ3v) is 2.66. The average molecular weight is 303 g/mol. The molecule has 0 amide bonds. The Morgan fingerprint density at radius 2 is 2.00 bits per heavy atom. The summed E-state index contributed by atoms with van der Waals surface area (Å²) in [6, 6.07) is 6.77. The molecule has 0 radical (unpaired) electrons. The number of phenols is 1. The zero-order valence-corrected chi connectivity index (χ0v) is 11.6. The van der Waals surface area contributed by atoms with E-state index < -0.39 is 11.9 Å². The quantitative estimate of drug-likeness (QED) is 0.564. The smallest absolute Gasteiger partial charge is 0.358 e. The Morgan fingerprint density at radius 1 is 1.23 bits per heavy atom. The van der Waals surface area contributed by atoms with Crippen LogP contribution in [0.2, 0.25) is 0 Å². The zero-order valence-electron chi connectivity index (χ0n) is 11.6. The van der Waals surface area contributed by atoms with Gasteiger partial charge in [-0.3, -0.25) is 0 Å². The second kappa shape index (κ2) is 6.53. The summed E-state index contributed by atoms with van der Waals surface area (Å²) in [5.41, 5.74) is 0.299. The van der Waals surface area contributed by atoms with Crippen LogP contribution in [0.1, 0.15) is 27.8 Å². The number of carbonyl (C=O) groups is 2. The molecule has 8 nitrogen and oxygen atoms in total. The number of carboxylic acid groups (broad SMARTS) is 1. The minimum atomic E-state index is -1.14. The Morgan fingerprint density at radius 3 is 2.55 bits per heavy atom. The topological polar surface area (TPSA) is 122 Å². The number of aromatic nitrogens is 2. The molecule has 114 valence electrons. The molecular formula is C14H13N3O5. The third-order valence-electron chi connectivity index (χ3n) is 2.66. The van der Waals surface area contributed by atoms with E-state index in [1.165, 1.54) is 24.3 Å². The molecule has 0 bridgehead atoms. The van der Waals surface area contributed by atoms with Gasteiger partial charge in [-0.25, -0.2) is 9.59 Å². The SMILES string of the molecule is CCOC(=O)c1ccc(Nc2ccc(C(=O)O)cc2O)nn1. The molecule has 22 heavy (non-hydrogen) atoms. The molecule has 0 aliphatic carbocycles. The summed E-state index contributed by atoms with van der Waals surface area (Å²) < 4.78 is 4.78. The summed E-state index contributed by atoms with van der Waals surface area (Å²) in [5.74, 6) is -1.67. The predicted molar refractivity (Wildman–Crippen MR) is 76.3 cm³/mol. The van der Waals surface area contributed by atoms with E-state index in [1.807, 2.05) is 0 Å². The van der Waals surface area contributed by atoms with Gasteiger partial charge in [0.25, 0.3) is 0 Å². The summed E-state index contributed by atoms with van der Waals surface area (Å²) in [7, 11) is 0. The highest BCUT2D eigenvalue weighted by molar-refractivity contribution is 5.89. The number of hydrogen-bond donors (Lipinski definition) is 3. The molecule has 1 aromatic heterocycles. The highest BCUT2D eigenvalue weighted by Crippen LogP contribution is 2.26. The number of hydrogen-bond acceptors (Lipinski definition) is 7. The summed E-state index contributed by atoms with van der Waals surface area (Å²) in [6.45, 7) is 1.93. The van der Waals surface area contributed by atoms with Crippen molar-refractivity contribution in [1.29, 1.82) is 0 Å². The molecule has 1 heterocycles. The maximum Gasteiger partial charge on any atom is 0.358 e. The van der Waals surface area contributed by atoms with Crippen molar-refractivity contribution < 1.29 is 24.5 Å². The van der Waals surface area contributed by atoms with Gasteiger partial charge in [0, 0.05) is 0 Å². The normalized spacial score (nSPS) is 10.0. The maximum absolute atomic E-state index is 11.4. The van der Waals surface area contributed by atoms with Gasteiger partial charge in [-0.2, -0.15) is 0 Å². The van der Waals surface area contributed by atoms with Crippen LogP contribution >= 0.6 is 0 Å². The molecule has 0 fully saturated rings. The lowest BCUT2D eigenvalue weighted by Gasteiger charge is -2.08. The van der Waals surface area contributed by atoms with Gasteiger partial charge < -0.3 is 20.3 Å². The lowest BCUT2D eigenvalue weighted by molar-refractivity contribution is 0.0517. The van der Waals surface area contributed by atoms with Crippen molar-refractivity contribution in [3.05, 3.63) is 41.6 Å². The number of aromatic carboxylic acids is 1. The van der Waals surface area contributed by atoms with Gasteiger partial charge in [0.2, 0.25) is 0 Å². The van der Waals surface area contributed by atoms with Crippen LogP contribution in [-0.4, -0.2) is 39.0 Å². The first-order chi connectivity index (χ1) is 10.5. The number of nitrogens with zero attached hydrogens (tertiary/aromatic N) is 2.